The van der Waals surface area contributed by atoms with Gasteiger partial charge in [0, 0.05) is 17.3 Å². The Morgan fingerprint density at radius 3 is 2.31 bits per heavy atom. The van der Waals surface area contributed by atoms with Gasteiger partial charge in [-0.1, -0.05) is 45.0 Å². The van der Waals surface area contributed by atoms with E-state index in [2.05, 4.69) is 60.4 Å². The molecule has 0 aliphatic carbocycles. The number of nitrogens with zero attached hydrogens (tertiary/aromatic N) is 2. The third kappa shape index (κ3) is 4.31. The number of amides is 1. The van der Waals surface area contributed by atoms with E-state index in [9.17, 15) is 9.59 Å². The summed E-state index contributed by atoms with van der Waals surface area (Å²) < 4.78 is 1.75. The van der Waals surface area contributed by atoms with Crippen molar-refractivity contribution in [3.63, 3.8) is 0 Å². The predicted octanol–water partition coefficient (Wildman–Crippen LogP) is 4.63. The number of benzene rings is 1. The highest BCUT2D eigenvalue weighted by Gasteiger charge is 2.21. The molecule has 0 saturated heterocycles. The molecule has 6 heteroatoms. The predicted molar refractivity (Wildman–Crippen MR) is 115 cm³/mol. The van der Waals surface area contributed by atoms with E-state index in [0.717, 1.165) is 5.56 Å². The van der Waals surface area contributed by atoms with Crippen molar-refractivity contribution in [1.29, 1.82) is 0 Å². The van der Waals surface area contributed by atoms with Crippen LogP contribution in [0.5, 0.6) is 0 Å². The van der Waals surface area contributed by atoms with Crippen LogP contribution >= 0.6 is 0 Å². The highest BCUT2D eigenvalue weighted by Crippen LogP contribution is 2.23. The van der Waals surface area contributed by atoms with E-state index < -0.39 is 0 Å². The van der Waals surface area contributed by atoms with Crippen LogP contribution in [0.25, 0.3) is 0 Å². The monoisotopic (exact) mass is 392 g/mol. The lowest BCUT2D eigenvalue weighted by molar-refractivity contribution is 0.101. The van der Waals surface area contributed by atoms with Gasteiger partial charge in [0.25, 0.3) is 5.91 Å². The average molecular weight is 393 g/mol. The number of carbonyl (C=O) groups excluding carboxylic acids is 2. The fraction of sp³-hybridized carbons (Fsp3) is 0.348. The zero-order valence-electron chi connectivity index (χ0n) is 17.9. The van der Waals surface area contributed by atoms with Crippen molar-refractivity contribution in [2.24, 2.45) is 0 Å². The number of ketones is 1. The molecule has 0 aliphatic rings. The molecule has 6 nitrogen and oxygen atoms in total. The quantitative estimate of drug-likeness (QED) is 0.621. The Morgan fingerprint density at radius 1 is 1.10 bits per heavy atom. The minimum Gasteiger partial charge on any atom is -0.354 e. The molecule has 0 atom stereocenters. The summed E-state index contributed by atoms with van der Waals surface area (Å²) in [5.74, 6) is 0.257. The lowest BCUT2D eigenvalue weighted by Gasteiger charge is -2.19. The molecule has 1 amide bonds. The normalized spacial score (nSPS) is 11.5. The molecule has 2 heterocycles. The number of H-pyrrole nitrogens is 1. The first kappa shape index (κ1) is 20.6. The average Bonchev–Trinajstić information content (AvgIpc) is 3.18. The molecule has 0 bridgehead atoms. The number of hydrogen-bond acceptors (Lipinski definition) is 3. The number of Topliss-reactive ketones (excluding diaryl/α,β-unsaturated/α-hetero) is 1. The summed E-state index contributed by atoms with van der Waals surface area (Å²) in [5.41, 5.74) is 4.81. The number of nitrogens with one attached hydrogen (secondary N) is 2. The summed E-state index contributed by atoms with van der Waals surface area (Å²) >= 11 is 0. The van der Waals surface area contributed by atoms with Gasteiger partial charge in [0.1, 0.15) is 11.5 Å². The highest BCUT2D eigenvalue weighted by molar-refractivity contribution is 6.07. The van der Waals surface area contributed by atoms with Gasteiger partial charge >= 0.3 is 0 Å². The van der Waals surface area contributed by atoms with Crippen LogP contribution in [0.1, 0.15) is 70.9 Å². The molecule has 0 unspecified atom stereocenters. The Hall–Kier alpha value is -3.15. The van der Waals surface area contributed by atoms with Crippen molar-refractivity contribution >= 4 is 17.5 Å². The van der Waals surface area contributed by atoms with Crippen molar-refractivity contribution in [1.82, 2.24) is 14.8 Å². The third-order valence-electron chi connectivity index (χ3n) is 5.13. The fourth-order valence-corrected chi connectivity index (χ4v) is 3.53. The Morgan fingerprint density at radius 2 is 1.76 bits per heavy atom. The van der Waals surface area contributed by atoms with Gasteiger partial charge in [-0.3, -0.25) is 9.59 Å². The summed E-state index contributed by atoms with van der Waals surface area (Å²) in [5, 5.41) is 7.24. The molecule has 0 radical (unpaired) electrons. The summed E-state index contributed by atoms with van der Waals surface area (Å²) in [6, 6.07) is 10.2. The van der Waals surface area contributed by atoms with Gasteiger partial charge in [-0.25, -0.2) is 4.68 Å². The van der Waals surface area contributed by atoms with Gasteiger partial charge in [-0.2, -0.15) is 5.10 Å². The van der Waals surface area contributed by atoms with Gasteiger partial charge in [0.2, 0.25) is 0 Å². The van der Waals surface area contributed by atoms with E-state index in [4.69, 9.17) is 0 Å². The largest absolute Gasteiger partial charge is 0.354 e. The van der Waals surface area contributed by atoms with Crippen molar-refractivity contribution < 1.29 is 9.59 Å². The number of rotatable bonds is 5. The number of hydrogen-bond donors (Lipinski definition) is 2. The maximum absolute atomic E-state index is 12.8. The Labute approximate surface area is 171 Å². The molecule has 3 rings (SSSR count). The zero-order valence-corrected chi connectivity index (χ0v) is 17.9. The molecular formula is C23H28N4O2. The Balaban J connectivity index is 1.78. The van der Waals surface area contributed by atoms with Crippen LogP contribution in [-0.2, 0) is 12.0 Å². The molecule has 0 spiro atoms. The van der Waals surface area contributed by atoms with Crippen LogP contribution in [0, 0.1) is 13.8 Å². The lowest BCUT2D eigenvalue weighted by atomic mass is 9.87. The van der Waals surface area contributed by atoms with E-state index >= 15 is 0 Å². The first-order valence-electron chi connectivity index (χ1n) is 9.70. The van der Waals surface area contributed by atoms with Gasteiger partial charge in [0.05, 0.1) is 12.7 Å². The molecule has 152 valence electrons. The number of anilines is 1. The Kier molecular flexibility index (Phi) is 5.46. The Bertz CT molecular complexity index is 1050. The van der Waals surface area contributed by atoms with Gasteiger partial charge < -0.3 is 10.3 Å². The number of aryl methyl sites for hydroxylation is 1. The van der Waals surface area contributed by atoms with Gasteiger partial charge in [-0.05, 0) is 42.9 Å². The van der Waals surface area contributed by atoms with E-state index in [1.165, 1.54) is 12.5 Å². The molecular weight excluding hydrogens is 364 g/mol. The molecule has 0 aliphatic heterocycles. The van der Waals surface area contributed by atoms with Crippen molar-refractivity contribution in [3.05, 3.63) is 70.2 Å². The van der Waals surface area contributed by atoms with Crippen molar-refractivity contribution in [2.45, 2.75) is 53.5 Å². The maximum atomic E-state index is 12.8. The van der Waals surface area contributed by atoms with Crippen LogP contribution in [-0.4, -0.2) is 26.5 Å². The number of aromatic amines is 1. The topological polar surface area (TPSA) is 79.8 Å². The minimum absolute atomic E-state index is 0.0564. The lowest BCUT2D eigenvalue weighted by Crippen LogP contribution is -2.17. The standard InChI is InChI=1S/C23H28N4O2/c1-14-20(16(3)28)15(2)25-21(14)22(29)26-19-11-12-24-27(19)13-17-7-9-18(10-8-17)23(4,5)6/h7-12,25H,13H2,1-6H3,(H,26,29). The molecule has 0 fully saturated rings. The van der Waals surface area contributed by atoms with Crippen molar-refractivity contribution in [2.75, 3.05) is 5.32 Å². The van der Waals surface area contributed by atoms with E-state index in [-0.39, 0.29) is 17.1 Å². The summed E-state index contributed by atoms with van der Waals surface area (Å²) in [6.07, 6.45) is 1.66. The first-order valence-corrected chi connectivity index (χ1v) is 9.70. The number of aromatic nitrogens is 3. The molecule has 3 aromatic rings. The van der Waals surface area contributed by atoms with Crippen LogP contribution in [0.2, 0.25) is 0 Å². The molecule has 0 saturated carbocycles. The SMILES string of the molecule is CC(=O)c1c(C)[nH]c(C(=O)Nc2ccnn2Cc2ccc(C(C)(C)C)cc2)c1C. The maximum Gasteiger partial charge on any atom is 0.273 e. The first-order chi connectivity index (χ1) is 13.6. The third-order valence-corrected chi connectivity index (χ3v) is 5.13. The van der Waals surface area contributed by atoms with E-state index in [0.29, 0.717) is 34.9 Å². The zero-order chi connectivity index (χ0) is 21.3. The molecule has 2 N–H and O–H groups in total. The smallest absolute Gasteiger partial charge is 0.273 e. The minimum atomic E-state index is -0.289. The van der Waals surface area contributed by atoms with Gasteiger partial charge in [0.15, 0.2) is 5.78 Å². The van der Waals surface area contributed by atoms with E-state index in [1.807, 2.05) is 0 Å². The van der Waals surface area contributed by atoms with Crippen LogP contribution < -0.4 is 5.32 Å². The van der Waals surface area contributed by atoms with Crippen LogP contribution in [0.3, 0.4) is 0 Å². The molecule has 1 aromatic carbocycles. The number of carbonyl (C=O) groups is 2. The molecule has 2 aromatic heterocycles. The summed E-state index contributed by atoms with van der Waals surface area (Å²) in [4.78, 5) is 27.6. The molecule has 29 heavy (non-hydrogen) atoms. The second kappa shape index (κ2) is 7.70. The van der Waals surface area contributed by atoms with Gasteiger partial charge in [-0.15, -0.1) is 0 Å². The summed E-state index contributed by atoms with van der Waals surface area (Å²) in [7, 11) is 0. The van der Waals surface area contributed by atoms with Crippen LogP contribution in [0.15, 0.2) is 36.5 Å². The second-order valence-electron chi connectivity index (χ2n) is 8.46. The second-order valence-corrected chi connectivity index (χ2v) is 8.46. The fourth-order valence-electron chi connectivity index (χ4n) is 3.53. The highest BCUT2D eigenvalue weighted by atomic mass is 16.2. The van der Waals surface area contributed by atoms with Crippen molar-refractivity contribution in [3.8, 4) is 0 Å². The van der Waals surface area contributed by atoms with Crippen LogP contribution in [0.4, 0.5) is 5.82 Å². The summed E-state index contributed by atoms with van der Waals surface area (Å²) in [6.45, 7) is 12.2. The van der Waals surface area contributed by atoms with E-state index in [1.54, 1.807) is 30.8 Å².